The second kappa shape index (κ2) is 15.6. The average Bonchev–Trinajstić information content (AvgIpc) is 3.33. The molecule has 0 bridgehead atoms. The zero-order valence-corrected chi connectivity index (χ0v) is 34.8. The fourth-order valence-electron chi connectivity index (χ4n) is 9.42. The highest BCUT2D eigenvalue weighted by Crippen LogP contribution is 2.48. The Morgan fingerprint density at radius 2 is 0.694 bits per heavy atom. The maximum absolute atomic E-state index is 2.49. The number of rotatable bonds is 9. The standard InChI is InChI=1S/C56H44BN5/c1-58(2)49-39-54-56-55(40-49)62(45-29-16-7-17-30-45)53-38-48(35-36-51(53)57(56)50-33-18-19-34-52(50)61(54)44-27-14-6-15-28-44)60(43-25-12-5-13-26-43)47-32-20-31-46(37-47)59(41-21-8-3-9-22-41)42-23-10-4-11-24-42/h3-40H,1-2H3. The summed E-state index contributed by atoms with van der Waals surface area (Å²) in [5, 5.41) is 0. The van der Waals surface area contributed by atoms with E-state index in [9.17, 15) is 0 Å². The van der Waals surface area contributed by atoms with Gasteiger partial charge in [0, 0.05) is 88.0 Å². The maximum Gasteiger partial charge on any atom is 0.252 e. The van der Waals surface area contributed by atoms with E-state index < -0.39 is 0 Å². The number of hydrogen-bond acceptors (Lipinski definition) is 5. The highest BCUT2D eigenvalue weighted by Gasteiger charge is 2.43. The first-order valence-corrected chi connectivity index (χ1v) is 21.3. The third kappa shape index (κ3) is 6.36. The number of para-hydroxylation sites is 6. The van der Waals surface area contributed by atoms with Crippen molar-refractivity contribution < 1.29 is 0 Å². The van der Waals surface area contributed by atoms with Crippen molar-refractivity contribution in [1.82, 2.24) is 0 Å². The van der Waals surface area contributed by atoms with Crippen LogP contribution in [0, 0.1) is 0 Å². The Hall–Kier alpha value is -7.96. The first-order valence-electron chi connectivity index (χ1n) is 21.3. The van der Waals surface area contributed by atoms with Crippen LogP contribution >= 0.6 is 0 Å². The van der Waals surface area contributed by atoms with Gasteiger partial charge in [-0.25, -0.2) is 0 Å². The molecule has 0 aliphatic carbocycles. The predicted molar refractivity (Wildman–Crippen MR) is 264 cm³/mol. The largest absolute Gasteiger partial charge is 0.378 e. The molecule has 0 saturated carbocycles. The molecule has 62 heavy (non-hydrogen) atoms. The summed E-state index contributed by atoms with van der Waals surface area (Å²) in [7, 11) is 4.28. The van der Waals surface area contributed by atoms with Gasteiger partial charge in [-0.3, -0.25) is 0 Å². The molecule has 0 N–H and O–H groups in total. The summed E-state index contributed by atoms with van der Waals surface area (Å²) in [6.07, 6.45) is 0. The lowest BCUT2D eigenvalue weighted by molar-refractivity contribution is 1.12. The first-order chi connectivity index (χ1) is 30.6. The number of benzene rings is 9. The van der Waals surface area contributed by atoms with Crippen LogP contribution in [-0.4, -0.2) is 20.8 Å². The Morgan fingerprint density at radius 3 is 1.21 bits per heavy atom. The molecule has 296 valence electrons. The SMILES string of the molecule is CN(C)c1cc2c3c(c1)N(c1ccccc1)c1cc(N(c4ccccc4)c4cccc(N(c5ccccc5)c5ccccc5)c4)ccc1B3c1ccccc1N2c1ccccc1. The Bertz CT molecular complexity index is 2980. The third-order valence-corrected chi connectivity index (χ3v) is 12.1. The smallest absolute Gasteiger partial charge is 0.252 e. The molecule has 9 aromatic carbocycles. The van der Waals surface area contributed by atoms with Crippen LogP contribution in [0.1, 0.15) is 0 Å². The molecular weight excluding hydrogens is 753 g/mol. The van der Waals surface area contributed by atoms with Crippen LogP contribution in [0.5, 0.6) is 0 Å². The minimum atomic E-state index is 0.00944. The van der Waals surface area contributed by atoms with E-state index in [4.69, 9.17) is 0 Å². The molecule has 2 aliphatic heterocycles. The summed E-state index contributed by atoms with van der Waals surface area (Å²) in [6, 6.07) is 83.3. The van der Waals surface area contributed by atoms with Crippen LogP contribution in [0.15, 0.2) is 231 Å². The van der Waals surface area contributed by atoms with E-state index in [1.54, 1.807) is 0 Å². The highest BCUT2D eigenvalue weighted by atomic mass is 15.2. The van der Waals surface area contributed by atoms with Gasteiger partial charge < -0.3 is 24.5 Å². The van der Waals surface area contributed by atoms with Gasteiger partial charge in [-0.05, 0) is 126 Å². The van der Waals surface area contributed by atoms with Gasteiger partial charge in [-0.1, -0.05) is 121 Å². The second-order valence-electron chi connectivity index (χ2n) is 16.1. The van der Waals surface area contributed by atoms with Crippen molar-refractivity contribution in [2.75, 3.05) is 38.6 Å². The van der Waals surface area contributed by atoms with Gasteiger partial charge in [-0.2, -0.15) is 0 Å². The van der Waals surface area contributed by atoms with E-state index in [2.05, 4.69) is 269 Å². The van der Waals surface area contributed by atoms with Crippen LogP contribution < -0.4 is 40.9 Å². The summed E-state index contributed by atoms with van der Waals surface area (Å²) in [4.78, 5) is 11.9. The third-order valence-electron chi connectivity index (χ3n) is 12.1. The van der Waals surface area contributed by atoms with E-state index in [-0.39, 0.29) is 6.71 Å². The molecule has 2 aliphatic rings. The summed E-state index contributed by atoms with van der Waals surface area (Å²) < 4.78 is 0. The van der Waals surface area contributed by atoms with Crippen LogP contribution in [-0.2, 0) is 0 Å². The molecule has 0 amide bonds. The molecule has 0 radical (unpaired) electrons. The Balaban J connectivity index is 1.14. The van der Waals surface area contributed by atoms with Crippen molar-refractivity contribution in [2.45, 2.75) is 0 Å². The van der Waals surface area contributed by atoms with E-state index >= 15 is 0 Å². The Kier molecular flexibility index (Phi) is 9.31. The van der Waals surface area contributed by atoms with Crippen molar-refractivity contribution in [3.63, 3.8) is 0 Å². The molecule has 2 heterocycles. The molecule has 9 aromatic rings. The van der Waals surface area contributed by atoms with Gasteiger partial charge in [0.15, 0.2) is 0 Å². The monoisotopic (exact) mass is 797 g/mol. The average molecular weight is 798 g/mol. The first kappa shape index (κ1) is 37.1. The van der Waals surface area contributed by atoms with Crippen molar-refractivity contribution in [2.24, 2.45) is 0 Å². The molecular formula is C56H44BN5. The molecule has 0 fully saturated rings. The lowest BCUT2D eigenvalue weighted by Gasteiger charge is -2.45. The Labute approximate surface area is 364 Å². The number of anilines is 13. The van der Waals surface area contributed by atoms with Crippen LogP contribution in [0.4, 0.5) is 73.9 Å². The quantitative estimate of drug-likeness (QED) is 0.135. The molecule has 0 saturated heterocycles. The summed E-state index contributed by atoms with van der Waals surface area (Å²) >= 11 is 0. The molecule has 5 nitrogen and oxygen atoms in total. The molecule has 0 atom stereocenters. The van der Waals surface area contributed by atoms with Crippen molar-refractivity contribution in [1.29, 1.82) is 0 Å². The van der Waals surface area contributed by atoms with Crippen LogP contribution in [0.25, 0.3) is 0 Å². The van der Waals surface area contributed by atoms with Gasteiger partial charge in [0.25, 0.3) is 6.71 Å². The van der Waals surface area contributed by atoms with Gasteiger partial charge in [0.05, 0.1) is 0 Å². The minimum Gasteiger partial charge on any atom is -0.378 e. The summed E-state index contributed by atoms with van der Waals surface area (Å²) in [5.74, 6) is 0. The lowest BCUT2D eigenvalue weighted by atomic mass is 9.33. The minimum absolute atomic E-state index is 0.00944. The lowest BCUT2D eigenvalue weighted by Crippen LogP contribution is -2.61. The van der Waals surface area contributed by atoms with Gasteiger partial charge in [0.1, 0.15) is 0 Å². The maximum atomic E-state index is 2.49. The normalized spacial score (nSPS) is 12.3. The van der Waals surface area contributed by atoms with E-state index in [0.717, 1.165) is 56.9 Å². The van der Waals surface area contributed by atoms with Crippen molar-refractivity contribution in [3.05, 3.63) is 231 Å². The molecule has 6 heteroatoms. The van der Waals surface area contributed by atoms with E-state index in [0.29, 0.717) is 0 Å². The number of fused-ring (bicyclic) bond motifs is 4. The second-order valence-corrected chi connectivity index (χ2v) is 16.1. The molecule has 0 unspecified atom stereocenters. The topological polar surface area (TPSA) is 16.2 Å². The zero-order valence-electron chi connectivity index (χ0n) is 34.8. The summed E-state index contributed by atoms with van der Waals surface area (Å²) in [5.41, 5.74) is 18.5. The highest BCUT2D eigenvalue weighted by molar-refractivity contribution is 7.00. The number of nitrogens with zero attached hydrogens (tertiary/aromatic N) is 5. The summed E-state index contributed by atoms with van der Waals surface area (Å²) in [6.45, 7) is 0.00944. The molecule has 0 spiro atoms. The number of hydrogen-bond donors (Lipinski definition) is 0. The van der Waals surface area contributed by atoms with Gasteiger partial charge in [0.2, 0.25) is 0 Å². The van der Waals surface area contributed by atoms with Crippen LogP contribution in [0.3, 0.4) is 0 Å². The van der Waals surface area contributed by atoms with Gasteiger partial charge in [-0.15, -0.1) is 0 Å². The zero-order chi connectivity index (χ0) is 41.6. The van der Waals surface area contributed by atoms with Gasteiger partial charge >= 0.3 is 0 Å². The predicted octanol–water partition coefficient (Wildman–Crippen LogP) is 12.8. The Morgan fingerprint density at radius 1 is 0.306 bits per heavy atom. The van der Waals surface area contributed by atoms with Crippen LogP contribution in [0.2, 0.25) is 0 Å². The van der Waals surface area contributed by atoms with E-state index in [1.807, 2.05) is 0 Å². The fraction of sp³-hybridized carbons (Fsp3) is 0.0357. The fourth-order valence-corrected chi connectivity index (χ4v) is 9.42. The van der Waals surface area contributed by atoms with Crippen molar-refractivity contribution in [3.8, 4) is 0 Å². The molecule has 0 aromatic heterocycles. The van der Waals surface area contributed by atoms with Crippen molar-refractivity contribution >= 4 is 97.0 Å². The molecule has 11 rings (SSSR count). The van der Waals surface area contributed by atoms with E-state index in [1.165, 1.54) is 33.5 Å².